The van der Waals surface area contributed by atoms with Crippen molar-refractivity contribution >= 4 is 40.9 Å². The van der Waals surface area contributed by atoms with Crippen molar-refractivity contribution in [3.63, 3.8) is 0 Å². The number of nitrogens with zero attached hydrogens (tertiary/aromatic N) is 2. The molecule has 1 N–H and O–H groups in total. The lowest BCUT2D eigenvalue weighted by Crippen LogP contribution is -2.53. The third kappa shape index (κ3) is 4.98. The van der Waals surface area contributed by atoms with Crippen LogP contribution in [0.5, 0.6) is 5.75 Å². The molecule has 8 nitrogen and oxygen atoms in total. The summed E-state index contributed by atoms with van der Waals surface area (Å²) >= 11 is 4.98. The summed E-state index contributed by atoms with van der Waals surface area (Å²) in [7, 11) is 0. The zero-order valence-electron chi connectivity index (χ0n) is 16.0. The third-order valence-electron chi connectivity index (χ3n) is 4.30. The number of amides is 2. The van der Waals surface area contributed by atoms with Gasteiger partial charge in [0.15, 0.2) is 10.9 Å². The molecule has 31 heavy (non-hydrogen) atoms. The normalized spacial score (nSPS) is 15.1. The lowest BCUT2D eigenvalue weighted by molar-refractivity contribution is -0.386. The fourth-order valence-corrected chi connectivity index (χ4v) is 3.04. The van der Waals surface area contributed by atoms with E-state index in [1.54, 1.807) is 0 Å². The average Bonchev–Trinajstić information content (AvgIpc) is 2.74. The Bertz CT molecular complexity index is 1110. The van der Waals surface area contributed by atoms with Gasteiger partial charge in [-0.05, 0) is 47.6 Å². The molecule has 0 saturated carbocycles. The van der Waals surface area contributed by atoms with Crippen molar-refractivity contribution in [3.8, 4) is 5.75 Å². The zero-order valence-corrected chi connectivity index (χ0v) is 16.9. The first-order chi connectivity index (χ1) is 14.8. The van der Waals surface area contributed by atoms with Crippen molar-refractivity contribution in [2.24, 2.45) is 0 Å². The van der Waals surface area contributed by atoms with Gasteiger partial charge >= 0.3 is 5.69 Å². The van der Waals surface area contributed by atoms with Crippen LogP contribution in [-0.4, -0.2) is 33.3 Å². The molecule has 0 aromatic heterocycles. The summed E-state index contributed by atoms with van der Waals surface area (Å²) in [5.74, 6) is -1.74. The molecule has 1 saturated heterocycles. The molecule has 0 atom stereocenters. The van der Waals surface area contributed by atoms with Crippen molar-refractivity contribution in [1.82, 2.24) is 10.2 Å². The number of carbonyl (C=O) groups is 2. The number of nitrogens with one attached hydrogen (secondary N) is 1. The van der Waals surface area contributed by atoms with Crippen LogP contribution in [0.3, 0.4) is 0 Å². The monoisotopic (exact) mass is 441 g/mol. The minimum Gasteiger partial charge on any atom is -0.482 e. The second kappa shape index (κ2) is 9.26. The molecule has 2 aromatic carbocycles. The fraction of sp³-hybridized carbons (Fsp3) is 0.0952. The largest absolute Gasteiger partial charge is 0.482 e. The van der Waals surface area contributed by atoms with Gasteiger partial charge in [0.25, 0.3) is 11.8 Å². The Morgan fingerprint density at radius 3 is 2.58 bits per heavy atom. The number of thiocarbonyl (C=S) groups is 1. The standard InChI is InChI=1S/C21H16FN3O5S/c1-2-9-24-20(27)16(19(26)23-21(24)31)10-14-5-8-18(17(11-14)25(28)29)30-12-13-3-6-15(22)7-4-13/h2-8,10-11H,1,9,12H2,(H,23,26,31). The van der Waals surface area contributed by atoms with E-state index in [2.05, 4.69) is 11.9 Å². The van der Waals surface area contributed by atoms with E-state index in [4.69, 9.17) is 17.0 Å². The molecule has 0 radical (unpaired) electrons. The summed E-state index contributed by atoms with van der Waals surface area (Å²) < 4.78 is 18.5. The lowest BCUT2D eigenvalue weighted by Gasteiger charge is -2.27. The Morgan fingerprint density at radius 1 is 1.23 bits per heavy atom. The van der Waals surface area contributed by atoms with Gasteiger partial charge in [-0.3, -0.25) is 29.9 Å². The number of benzene rings is 2. The van der Waals surface area contributed by atoms with Gasteiger partial charge in [0, 0.05) is 12.6 Å². The van der Waals surface area contributed by atoms with Crippen molar-refractivity contribution in [1.29, 1.82) is 0 Å². The lowest BCUT2D eigenvalue weighted by atomic mass is 10.1. The number of rotatable bonds is 7. The molecule has 1 heterocycles. The smallest absolute Gasteiger partial charge is 0.311 e. The number of nitro benzene ring substituents is 1. The molecule has 158 valence electrons. The van der Waals surface area contributed by atoms with Gasteiger partial charge < -0.3 is 4.74 Å². The first-order valence-corrected chi connectivity index (χ1v) is 9.36. The molecule has 1 fully saturated rings. The molecule has 1 aliphatic rings. The van der Waals surface area contributed by atoms with Crippen LogP contribution >= 0.6 is 12.2 Å². The van der Waals surface area contributed by atoms with E-state index in [-0.39, 0.29) is 40.8 Å². The van der Waals surface area contributed by atoms with Crippen LogP contribution in [-0.2, 0) is 16.2 Å². The van der Waals surface area contributed by atoms with Crippen LogP contribution in [0.4, 0.5) is 10.1 Å². The van der Waals surface area contributed by atoms with Crippen LogP contribution in [0.25, 0.3) is 6.08 Å². The van der Waals surface area contributed by atoms with Gasteiger partial charge in [-0.15, -0.1) is 6.58 Å². The second-order valence-corrected chi connectivity index (χ2v) is 6.81. The maximum Gasteiger partial charge on any atom is 0.311 e. The Kier molecular flexibility index (Phi) is 6.51. The van der Waals surface area contributed by atoms with Gasteiger partial charge in [0.05, 0.1) is 4.92 Å². The SMILES string of the molecule is C=CCN1C(=O)C(=Cc2ccc(OCc3ccc(F)cc3)c([N+](=O)[O-])c2)C(=O)NC1=S. The predicted molar refractivity (Wildman–Crippen MR) is 114 cm³/mol. The maximum atomic E-state index is 13.0. The summed E-state index contributed by atoms with van der Waals surface area (Å²) in [5, 5.41) is 13.9. The van der Waals surface area contributed by atoms with Crippen LogP contribution in [0.2, 0.25) is 0 Å². The van der Waals surface area contributed by atoms with Gasteiger partial charge in [0.2, 0.25) is 0 Å². The van der Waals surface area contributed by atoms with Crippen LogP contribution < -0.4 is 10.1 Å². The molecular formula is C21H16FN3O5S. The van der Waals surface area contributed by atoms with E-state index >= 15 is 0 Å². The van der Waals surface area contributed by atoms with E-state index in [0.29, 0.717) is 5.56 Å². The predicted octanol–water partition coefficient (Wildman–Crippen LogP) is 3.13. The third-order valence-corrected chi connectivity index (χ3v) is 4.62. The van der Waals surface area contributed by atoms with E-state index in [1.165, 1.54) is 54.6 Å². The van der Waals surface area contributed by atoms with E-state index in [0.717, 1.165) is 4.90 Å². The summed E-state index contributed by atoms with van der Waals surface area (Å²) in [6, 6.07) is 9.57. The van der Waals surface area contributed by atoms with Crippen LogP contribution in [0.1, 0.15) is 11.1 Å². The number of nitro groups is 1. The maximum absolute atomic E-state index is 13.0. The quantitative estimate of drug-likeness (QED) is 0.177. The topological polar surface area (TPSA) is 102 Å². The number of ether oxygens (including phenoxy) is 1. The minimum absolute atomic E-state index is 0.00357. The molecule has 0 bridgehead atoms. The Labute approximate surface area is 181 Å². The average molecular weight is 441 g/mol. The molecule has 0 unspecified atom stereocenters. The number of hydrogen-bond acceptors (Lipinski definition) is 6. The molecule has 0 spiro atoms. The van der Waals surface area contributed by atoms with Crippen LogP contribution in [0, 0.1) is 15.9 Å². The molecule has 2 amide bonds. The molecule has 0 aliphatic carbocycles. The first kappa shape index (κ1) is 21.8. The van der Waals surface area contributed by atoms with Gasteiger partial charge in [0.1, 0.15) is 18.0 Å². The number of halogens is 1. The van der Waals surface area contributed by atoms with Gasteiger partial charge in [-0.25, -0.2) is 4.39 Å². The van der Waals surface area contributed by atoms with E-state index < -0.39 is 22.6 Å². The van der Waals surface area contributed by atoms with Gasteiger partial charge in [-0.1, -0.05) is 24.3 Å². The summed E-state index contributed by atoms with van der Waals surface area (Å²) in [6.45, 7) is 3.64. The summed E-state index contributed by atoms with van der Waals surface area (Å²) in [5.41, 5.74) is 0.318. The van der Waals surface area contributed by atoms with Crippen molar-refractivity contribution in [2.75, 3.05) is 6.54 Å². The Balaban J connectivity index is 1.87. The zero-order chi connectivity index (χ0) is 22.5. The van der Waals surface area contributed by atoms with E-state index in [9.17, 15) is 24.1 Å². The Morgan fingerprint density at radius 2 is 1.94 bits per heavy atom. The highest BCUT2D eigenvalue weighted by molar-refractivity contribution is 7.80. The van der Waals surface area contributed by atoms with E-state index in [1.807, 2.05) is 0 Å². The Hall–Kier alpha value is -3.92. The van der Waals surface area contributed by atoms with Crippen molar-refractivity contribution < 1.29 is 23.6 Å². The minimum atomic E-state index is -0.699. The van der Waals surface area contributed by atoms with Crippen molar-refractivity contribution in [2.45, 2.75) is 6.61 Å². The molecule has 10 heteroatoms. The van der Waals surface area contributed by atoms with Gasteiger partial charge in [-0.2, -0.15) is 0 Å². The fourth-order valence-electron chi connectivity index (χ4n) is 2.79. The summed E-state index contributed by atoms with van der Waals surface area (Å²) in [6.07, 6.45) is 2.70. The molecule has 3 rings (SSSR count). The number of carbonyl (C=O) groups excluding carboxylic acids is 2. The number of hydrogen-bond donors (Lipinski definition) is 1. The van der Waals surface area contributed by atoms with Crippen molar-refractivity contribution in [3.05, 3.63) is 87.8 Å². The summed E-state index contributed by atoms with van der Waals surface area (Å²) in [4.78, 5) is 36.8. The first-order valence-electron chi connectivity index (χ1n) is 8.95. The molecule has 1 aliphatic heterocycles. The molecular weight excluding hydrogens is 425 g/mol. The highest BCUT2D eigenvalue weighted by Gasteiger charge is 2.32. The highest BCUT2D eigenvalue weighted by Crippen LogP contribution is 2.30. The highest BCUT2D eigenvalue weighted by atomic mass is 32.1. The second-order valence-electron chi connectivity index (χ2n) is 6.42. The molecule has 2 aromatic rings. The van der Waals surface area contributed by atoms with Crippen LogP contribution in [0.15, 0.2) is 60.7 Å².